The lowest BCUT2D eigenvalue weighted by atomic mass is 10.2. The van der Waals surface area contributed by atoms with E-state index >= 15 is 0 Å². The average Bonchev–Trinajstić information content (AvgIpc) is 2.35. The largest absolute Gasteiger partial charge is 0.366 e. The van der Waals surface area contributed by atoms with Crippen LogP contribution in [0.2, 0.25) is 0 Å². The molecule has 1 aromatic rings. The van der Waals surface area contributed by atoms with Crippen molar-refractivity contribution in [1.82, 2.24) is 14.9 Å². The summed E-state index contributed by atoms with van der Waals surface area (Å²) in [6.07, 6.45) is 1.09. The third-order valence-corrected chi connectivity index (χ3v) is 2.86. The molecule has 0 radical (unpaired) electrons. The standard InChI is InChI=1S/C12H23FN6/c1-8(2)19(9(3)4)6-5-15-11-10(13)7-16-12(17-11)18-14/h7-9H,5-6,14H2,1-4H3,(H2,15,16,17,18). The fraction of sp³-hybridized carbons (Fsp3) is 0.667. The van der Waals surface area contributed by atoms with E-state index in [-0.39, 0.29) is 11.8 Å². The highest BCUT2D eigenvalue weighted by Crippen LogP contribution is 2.11. The van der Waals surface area contributed by atoms with E-state index in [1.54, 1.807) is 0 Å². The van der Waals surface area contributed by atoms with Gasteiger partial charge in [0.05, 0.1) is 6.20 Å². The molecule has 0 aliphatic rings. The van der Waals surface area contributed by atoms with Gasteiger partial charge in [-0.05, 0) is 27.7 Å². The summed E-state index contributed by atoms with van der Waals surface area (Å²) in [5.74, 6) is 5.06. The summed E-state index contributed by atoms with van der Waals surface area (Å²) >= 11 is 0. The quantitative estimate of drug-likeness (QED) is 0.514. The fourth-order valence-corrected chi connectivity index (χ4v) is 1.98. The van der Waals surface area contributed by atoms with Crippen molar-refractivity contribution in [2.24, 2.45) is 5.84 Å². The molecule has 6 nitrogen and oxygen atoms in total. The van der Waals surface area contributed by atoms with Crippen LogP contribution in [-0.2, 0) is 0 Å². The van der Waals surface area contributed by atoms with Gasteiger partial charge < -0.3 is 5.32 Å². The molecule has 0 fully saturated rings. The molecule has 0 saturated carbocycles. The molecule has 4 N–H and O–H groups in total. The van der Waals surface area contributed by atoms with Gasteiger partial charge in [0, 0.05) is 25.2 Å². The first-order valence-electron chi connectivity index (χ1n) is 6.44. The van der Waals surface area contributed by atoms with E-state index in [9.17, 15) is 4.39 Å². The molecule has 1 heterocycles. The molecule has 108 valence electrons. The number of nitrogens with one attached hydrogen (secondary N) is 2. The molecule has 0 atom stereocenters. The van der Waals surface area contributed by atoms with Gasteiger partial charge in [0.2, 0.25) is 5.95 Å². The minimum atomic E-state index is -0.486. The first-order valence-corrected chi connectivity index (χ1v) is 6.44. The Balaban J connectivity index is 2.57. The molecule has 0 amide bonds. The maximum atomic E-state index is 13.5. The number of hydrogen-bond donors (Lipinski definition) is 3. The molecule has 19 heavy (non-hydrogen) atoms. The Labute approximate surface area is 113 Å². The average molecular weight is 270 g/mol. The number of hydrogen-bond acceptors (Lipinski definition) is 6. The number of rotatable bonds is 7. The van der Waals surface area contributed by atoms with Gasteiger partial charge in [0.25, 0.3) is 0 Å². The number of nitrogen functional groups attached to an aromatic ring is 1. The van der Waals surface area contributed by atoms with Crippen molar-refractivity contribution in [2.75, 3.05) is 23.8 Å². The van der Waals surface area contributed by atoms with Gasteiger partial charge >= 0.3 is 0 Å². The van der Waals surface area contributed by atoms with Crippen LogP contribution in [-0.4, -0.2) is 40.0 Å². The Morgan fingerprint density at radius 2 is 1.95 bits per heavy atom. The summed E-state index contributed by atoms with van der Waals surface area (Å²) in [4.78, 5) is 9.92. The summed E-state index contributed by atoms with van der Waals surface area (Å²) in [6.45, 7) is 9.98. The van der Waals surface area contributed by atoms with Gasteiger partial charge in [-0.25, -0.2) is 15.2 Å². The van der Waals surface area contributed by atoms with E-state index in [0.29, 0.717) is 18.6 Å². The van der Waals surface area contributed by atoms with Gasteiger partial charge in [-0.2, -0.15) is 4.98 Å². The Bertz CT molecular complexity index is 388. The normalized spacial score (nSPS) is 11.4. The minimum Gasteiger partial charge on any atom is -0.366 e. The third kappa shape index (κ3) is 4.60. The fourth-order valence-electron chi connectivity index (χ4n) is 1.98. The summed E-state index contributed by atoms with van der Waals surface area (Å²) < 4.78 is 13.5. The monoisotopic (exact) mass is 270 g/mol. The molecule has 0 spiro atoms. The van der Waals surface area contributed by atoms with Crippen molar-refractivity contribution in [3.8, 4) is 0 Å². The first-order chi connectivity index (χ1) is 8.95. The van der Waals surface area contributed by atoms with E-state index in [0.717, 1.165) is 12.7 Å². The lowest BCUT2D eigenvalue weighted by Gasteiger charge is -2.30. The molecule has 1 aromatic heterocycles. The van der Waals surface area contributed by atoms with Crippen molar-refractivity contribution < 1.29 is 4.39 Å². The Hall–Kier alpha value is -1.47. The van der Waals surface area contributed by atoms with Gasteiger partial charge in [-0.15, -0.1) is 0 Å². The van der Waals surface area contributed by atoms with Crippen LogP contribution in [0.25, 0.3) is 0 Å². The summed E-state index contributed by atoms with van der Waals surface area (Å²) in [5.41, 5.74) is 2.29. The molecule has 0 aliphatic heterocycles. The topological polar surface area (TPSA) is 79.1 Å². The molecular weight excluding hydrogens is 247 g/mol. The zero-order valence-electron chi connectivity index (χ0n) is 11.9. The molecular formula is C12H23FN6. The van der Waals surface area contributed by atoms with Crippen LogP contribution < -0.4 is 16.6 Å². The van der Waals surface area contributed by atoms with Crippen molar-refractivity contribution >= 4 is 11.8 Å². The molecule has 7 heteroatoms. The molecule has 0 saturated heterocycles. The molecule has 0 bridgehead atoms. The van der Waals surface area contributed by atoms with Gasteiger partial charge in [-0.3, -0.25) is 10.3 Å². The summed E-state index contributed by atoms with van der Waals surface area (Å²) in [6, 6.07) is 0.886. The van der Waals surface area contributed by atoms with Crippen LogP contribution in [0.1, 0.15) is 27.7 Å². The third-order valence-electron chi connectivity index (χ3n) is 2.86. The zero-order chi connectivity index (χ0) is 14.4. The highest BCUT2D eigenvalue weighted by Gasteiger charge is 2.13. The van der Waals surface area contributed by atoms with E-state index in [1.165, 1.54) is 0 Å². The Morgan fingerprint density at radius 3 is 2.47 bits per heavy atom. The predicted octanol–water partition coefficient (Wildman–Crippen LogP) is 1.43. The van der Waals surface area contributed by atoms with Crippen molar-refractivity contribution in [3.05, 3.63) is 12.0 Å². The number of hydrazine groups is 1. The van der Waals surface area contributed by atoms with Gasteiger partial charge in [0.15, 0.2) is 11.6 Å². The molecule has 0 unspecified atom stereocenters. The second kappa shape index (κ2) is 7.20. The van der Waals surface area contributed by atoms with Crippen LogP contribution in [0.4, 0.5) is 16.2 Å². The van der Waals surface area contributed by atoms with Crippen molar-refractivity contribution in [2.45, 2.75) is 39.8 Å². The van der Waals surface area contributed by atoms with Crippen LogP contribution in [0, 0.1) is 5.82 Å². The Kier molecular flexibility index (Phi) is 5.91. The lowest BCUT2D eigenvalue weighted by molar-refractivity contribution is 0.182. The number of aromatic nitrogens is 2. The summed E-state index contributed by atoms with van der Waals surface area (Å²) in [7, 11) is 0. The lowest BCUT2D eigenvalue weighted by Crippen LogP contribution is -2.40. The van der Waals surface area contributed by atoms with E-state index in [1.807, 2.05) is 0 Å². The van der Waals surface area contributed by atoms with Crippen LogP contribution in [0.15, 0.2) is 6.20 Å². The van der Waals surface area contributed by atoms with Crippen LogP contribution in [0.5, 0.6) is 0 Å². The summed E-state index contributed by atoms with van der Waals surface area (Å²) in [5, 5.41) is 2.96. The number of nitrogens with two attached hydrogens (primary N) is 1. The van der Waals surface area contributed by atoms with Gasteiger partial charge in [0.1, 0.15) is 0 Å². The van der Waals surface area contributed by atoms with E-state index in [4.69, 9.17) is 5.84 Å². The number of anilines is 2. The van der Waals surface area contributed by atoms with Crippen molar-refractivity contribution in [1.29, 1.82) is 0 Å². The zero-order valence-corrected chi connectivity index (χ0v) is 11.9. The number of halogens is 1. The molecule has 0 aliphatic carbocycles. The molecule has 1 rings (SSSR count). The maximum Gasteiger partial charge on any atom is 0.239 e. The highest BCUT2D eigenvalue weighted by molar-refractivity contribution is 5.40. The first kappa shape index (κ1) is 15.6. The molecule has 0 aromatic carbocycles. The SMILES string of the molecule is CC(C)N(CCNc1nc(NN)ncc1F)C(C)C. The Morgan fingerprint density at radius 1 is 1.32 bits per heavy atom. The highest BCUT2D eigenvalue weighted by atomic mass is 19.1. The van der Waals surface area contributed by atoms with Gasteiger partial charge in [-0.1, -0.05) is 0 Å². The smallest absolute Gasteiger partial charge is 0.239 e. The van der Waals surface area contributed by atoms with Crippen LogP contribution in [0.3, 0.4) is 0 Å². The van der Waals surface area contributed by atoms with Crippen molar-refractivity contribution in [3.63, 3.8) is 0 Å². The maximum absolute atomic E-state index is 13.5. The van der Waals surface area contributed by atoms with Crippen LogP contribution >= 0.6 is 0 Å². The second-order valence-corrected chi connectivity index (χ2v) is 4.89. The second-order valence-electron chi connectivity index (χ2n) is 4.89. The predicted molar refractivity (Wildman–Crippen MR) is 75.3 cm³/mol. The minimum absolute atomic E-state index is 0.162. The van der Waals surface area contributed by atoms with E-state index < -0.39 is 5.82 Å². The number of nitrogens with zero attached hydrogens (tertiary/aromatic N) is 3. The van der Waals surface area contributed by atoms with E-state index in [2.05, 4.69) is 53.3 Å².